The molecule has 106 valence electrons. The second-order valence-electron chi connectivity index (χ2n) is 4.83. The predicted molar refractivity (Wildman–Crippen MR) is 91.8 cm³/mol. The summed E-state index contributed by atoms with van der Waals surface area (Å²) in [7, 11) is 0. The van der Waals surface area contributed by atoms with Gasteiger partial charge < -0.3 is 5.32 Å². The van der Waals surface area contributed by atoms with Gasteiger partial charge >= 0.3 is 0 Å². The van der Waals surface area contributed by atoms with E-state index in [0.29, 0.717) is 0 Å². The van der Waals surface area contributed by atoms with Crippen molar-refractivity contribution >= 4 is 22.9 Å². The van der Waals surface area contributed by atoms with E-state index < -0.39 is 0 Å². The van der Waals surface area contributed by atoms with Crippen molar-refractivity contribution in [1.82, 2.24) is 5.32 Å². The summed E-state index contributed by atoms with van der Waals surface area (Å²) < 4.78 is 0. The molecule has 0 fully saturated rings. The molecule has 2 aromatic carbocycles. The van der Waals surface area contributed by atoms with Gasteiger partial charge in [0.15, 0.2) is 0 Å². The van der Waals surface area contributed by atoms with Gasteiger partial charge in [-0.25, -0.2) is 0 Å². The molecule has 0 bridgehead atoms. The van der Waals surface area contributed by atoms with Crippen molar-refractivity contribution in [1.29, 1.82) is 0 Å². The molecule has 3 rings (SSSR count). The molecule has 0 aliphatic carbocycles. The molecule has 1 nitrogen and oxygen atoms in total. The highest BCUT2D eigenvalue weighted by Gasteiger charge is 2.03. The van der Waals surface area contributed by atoms with Gasteiger partial charge in [0.25, 0.3) is 0 Å². The topological polar surface area (TPSA) is 12.0 Å². The number of nitrogens with one attached hydrogen (secondary N) is 1. The Morgan fingerprint density at radius 3 is 2.38 bits per heavy atom. The zero-order valence-corrected chi connectivity index (χ0v) is 13.1. The molecular formula is C18H16ClNS. The lowest BCUT2D eigenvalue weighted by molar-refractivity contribution is 0.701. The summed E-state index contributed by atoms with van der Waals surface area (Å²) in [5, 5.41) is 4.27. The predicted octanol–water partition coefficient (Wildman–Crippen LogP) is 5.36. The van der Waals surface area contributed by atoms with E-state index in [0.717, 1.165) is 23.7 Å². The van der Waals surface area contributed by atoms with Crippen LogP contribution in [0.4, 0.5) is 0 Å². The number of benzene rings is 2. The highest BCUT2D eigenvalue weighted by molar-refractivity contribution is 7.15. The lowest BCUT2D eigenvalue weighted by Gasteiger charge is -2.05. The first kappa shape index (κ1) is 14.3. The molecule has 0 saturated carbocycles. The van der Waals surface area contributed by atoms with Crippen LogP contribution in [0, 0.1) is 0 Å². The average Bonchev–Trinajstić information content (AvgIpc) is 2.99. The molecule has 1 aromatic heterocycles. The lowest BCUT2D eigenvalue weighted by atomic mass is 10.2. The molecule has 0 atom stereocenters. The fraction of sp³-hybridized carbons (Fsp3) is 0.111. The number of hydrogen-bond donors (Lipinski definition) is 1. The van der Waals surface area contributed by atoms with Crippen molar-refractivity contribution in [3.05, 3.63) is 82.2 Å². The van der Waals surface area contributed by atoms with Crippen molar-refractivity contribution in [2.75, 3.05) is 0 Å². The van der Waals surface area contributed by atoms with Crippen LogP contribution < -0.4 is 5.32 Å². The Hall–Kier alpha value is -1.61. The fourth-order valence-corrected chi connectivity index (χ4v) is 3.38. The summed E-state index contributed by atoms with van der Waals surface area (Å²) >= 11 is 7.98. The minimum absolute atomic E-state index is 0.790. The van der Waals surface area contributed by atoms with Crippen LogP contribution in [0.1, 0.15) is 10.4 Å². The summed E-state index contributed by atoms with van der Waals surface area (Å²) in [5.41, 5.74) is 2.42. The van der Waals surface area contributed by atoms with Crippen molar-refractivity contribution in [3.8, 4) is 10.4 Å². The third kappa shape index (κ3) is 3.73. The van der Waals surface area contributed by atoms with E-state index in [2.05, 4.69) is 47.8 Å². The van der Waals surface area contributed by atoms with Gasteiger partial charge in [0.1, 0.15) is 0 Å². The Bertz CT molecular complexity index is 706. The summed E-state index contributed by atoms with van der Waals surface area (Å²) in [6.07, 6.45) is 0. The molecule has 0 saturated heterocycles. The molecule has 1 N–H and O–H groups in total. The van der Waals surface area contributed by atoms with Gasteiger partial charge in [-0.05, 0) is 29.3 Å². The second-order valence-corrected chi connectivity index (χ2v) is 6.40. The normalized spacial score (nSPS) is 10.7. The van der Waals surface area contributed by atoms with Crippen LogP contribution in [0.2, 0.25) is 5.02 Å². The van der Waals surface area contributed by atoms with Crippen LogP contribution in [0.15, 0.2) is 66.7 Å². The van der Waals surface area contributed by atoms with Gasteiger partial charge in [0.2, 0.25) is 0 Å². The van der Waals surface area contributed by atoms with Crippen LogP contribution >= 0.6 is 22.9 Å². The molecule has 21 heavy (non-hydrogen) atoms. The van der Waals surface area contributed by atoms with Crippen molar-refractivity contribution in [2.45, 2.75) is 13.1 Å². The molecule has 0 aliphatic heterocycles. The largest absolute Gasteiger partial charge is 0.308 e. The molecular weight excluding hydrogens is 298 g/mol. The van der Waals surface area contributed by atoms with Gasteiger partial charge in [0.05, 0.1) is 0 Å². The number of hydrogen-bond acceptors (Lipinski definition) is 2. The van der Waals surface area contributed by atoms with Crippen LogP contribution in [-0.2, 0) is 13.1 Å². The smallest absolute Gasteiger partial charge is 0.0450 e. The summed E-state index contributed by atoms with van der Waals surface area (Å²) in [6.45, 7) is 1.65. The molecule has 0 unspecified atom stereocenters. The third-order valence-corrected chi connectivity index (χ3v) is 4.80. The number of rotatable bonds is 5. The Balaban J connectivity index is 1.60. The van der Waals surface area contributed by atoms with Gasteiger partial charge in [-0.2, -0.15) is 0 Å². The molecule has 3 heteroatoms. The maximum absolute atomic E-state index is 6.15. The maximum atomic E-state index is 6.15. The molecule has 0 radical (unpaired) electrons. The molecule has 0 spiro atoms. The minimum Gasteiger partial charge on any atom is -0.308 e. The standard InChI is InChI=1S/C18H16ClNS/c19-17-9-5-4-8-15(17)12-20-13-16-10-11-18(21-16)14-6-2-1-3-7-14/h1-11,20H,12-13H2. The highest BCUT2D eigenvalue weighted by atomic mass is 35.5. The van der Waals surface area contributed by atoms with E-state index in [4.69, 9.17) is 11.6 Å². The molecule has 0 amide bonds. The van der Waals surface area contributed by atoms with Gasteiger partial charge in [0, 0.05) is 27.9 Å². The highest BCUT2D eigenvalue weighted by Crippen LogP contribution is 2.27. The Morgan fingerprint density at radius 2 is 1.57 bits per heavy atom. The van der Waals surface area contributed by atoms with E-state index in [-0.39, 0.29) is 0 Å². The third-order valence-electron chi connectivity index (χ3n) is 3.29. The Kier molecular flexibility index (Phi) is 4.71. The van der Waals surface area contributed by atoms with Crippen LogP contribution in [0.5, 0.6) is 0 Å². The maximum Gasteiger partial charge on any atom is 0.0450 e. The number of thiophene rings is 1. The SMILES string of the molecule is Clc1ccccc1CNCc1ccc(-c2ccccc2)s1. The lowest BCUT2D eigenvalue weighted by Crippen LogP contribution is -2.11. The van der Waals surface area contributed by atoms with E-state index in [1.54, 1.807) is 0 Å². The summed E-state index contributed by atoms with van der Waals surface area (Å²) in [5.74, 6) is 0. The minimum atomic E-state index is 0.790. The van der Waals surface area contributed by atoms with E-state index in [9.17, 15) is 0 Å². The average molecular weight is 314 g/mol. The zero-order chi connectivity index (χ0) is 14.5. The van der Waals surface area contributed by atoms with Crippen molar-refractivity contribution in [3.63, 3.8) is 0 Å². The van der Waals surface area contributed by atoms with E-state index >= 15 is 0 Å². The summed E-state index contributed by atoms with van der Waals surface area (Å²) in [4.78, 5) is 2.64. The van der Waals surface area contributed by atoms with Crippen molar-refractivity contribution < 1.29 is 0 Å². The molecule has 1 heterocycles. The van der Waals surface area contributed by atoms with E-state index in [1.165, 1.54) is 15.3 Å². The first-order chi connectivity index (χ1) is 10.3. The van der Waals surface area contributed by atoms with Gasteiger partial charge in [-0.3, -0.25) is 0 Å². The molecule has 3 aromatic rings. The van der Waals surface area contributed by atoms with Gasteiger partial charge in [-0.15, -0.1) is 11.3 Å². The number of halogens is 1. The fourth-order valence-electron chi connectivity index (χ4n) is 2.19. The summed E-state index contributed by atoms with van der Waals surface area (Å²) in [6, 6.07) is 22.8. The zero-order valence-electron chi connectivity index (χ0n) is 11.6. The van der Waals surface area contributed by atoms with Gasteiger partial charge in [-0.1, -0.05) is 60.1 Å². The molecule has 0 aliphatic rings. The Morgan fingerprint density at radius 1 is 0.810 bits per heavy atom. The Labute approximate surface area is 134 Å². The first-order valence-corrected chi connectivity index (χ1v) is 8.10. The van der Waals surface area contributed by atoms with Crippen LogP contribution in [0.25, 0.3) is 10.4 Å². The first-order valence-electron chi connectivity index (χ1n) is 6.91. The van der Waals surface area contributed by atoms with Crippen LogP contribution in [-0.4, -0.2) is 0 Å². The van der Waals surface area contributed by atoms with Crippen molar-refractivity contribution in [2.24, 2.45) is 0 Å². The van der Waals surface area contributed by atoms with E-state index in [1.807, 2.05) is 35.6 Å². The van der Waals surface area contributed by atoms with Crippen LogP contribution in [0.3, 0.4) is 0 Å². The second kappa shape index (κ2) is 6.90. The quantitative estimate of drug-likeness (QED) is 0.668. The monoisotopic (exact) mass is 313 g/mol.